The van der Waals surface area contributed by atoms with Crippen molar-refractivity contribution in [3.8, 4) is 0 Å². The fourth-order valence-corrected chi connectivity index (χ4v) is 2.25. The molecule has 1 atom stereocenters. The van der Waals surface area contributed by atoms with Crippen molar-refractivity contribution < 1.29 is 14.7 Å². The zero-order chi connectivity index (χ0) is 15.2. The summed E-state index contributed by atoms with van der Waals surface area (Å²) in [4.78, 5) is 27.2. The first-order chi connectivity index (χ1) is 10.1. The predicted molar refractivity (Wildman–Crippen MR) is 78.8 cm³/mol. The van der Waals surface area contributed by atoms with Gasteiger partial charge in [0, 0.05) is 6.54 Å². The zero-order valence-electron chi connectivity index (χ0n) is 12.0. The first kappa shape index (κ1) is 15.0. The lowest BCUT2D eigenvalue weighted by atomic mass is 10.0. The summed E-state index contributed by atoms with van der Waals surface area (Å²) in [7, 11) is 0. The van der Waals surface area contributed by atoms with E-state index in [1.54, 1.807) is 10.9 Å². The minimum absolute atomic E-state index is 0.138. The molecule has 0 radical (unpaired) electrons. The molecule has 6 nitrogen and oxygen atoms in total. The number of amides is 1. The number of carbonyl (C=O) groups is 2. The highest BCUT2D eigenvalue weighted by atomic mass is 16.4. The van der Waals surface area contributed by atoms with Crippen LogP contribution in [0.3, 0.4) is 0 Å². The number of rotatable bonds is 7. The van der Waals surface area contributed by atoms with Crippen molar-refractivity contribution in [1.82, 2.24) is 14.9 Å². The van der Waals surface area contributed by atoms with Gasteiger partial charge in [-0.3, -0.25) is 9.59 Å². The number of aromatic nitrogens is 2. The van der Waals surface area contributed by atoms with Crippen LogP contribution in [-0.4, -0.2) is 33.1 Å². The lowest BCUT2D eigenvalue weighted by Crippen LogP contribution is -2.34. The predicted octanol–water partition coefficient (Wildman–Crippen LogP) is 1.65. The molecule has 0 aliphatic carbocycles. The Bertz CT molecular complexity index is 636. The summed E-state index contributed by atoms with van der Waals surface area (Å²) in [6.07, 6.45) is 2.95. The van der Waals surface area contributed by atoms with Crippen LogP contribution in [0, 0.1) is 5.92 Å². The quantitative estimate of drug-likeness (QED) is 0.811. The number of hydrogen-bond acceptors (Lipinski definition) is 3. The summed E-state index contributed by atoms with van der Waals surface area (Å²) >= 11 is 0. The Morgan fingerprint density at radius 1 is 1.38 bits per heavy atom. The molecule has 6 heteroatoms. The summed E-state index contributed by atoms with van der Waals surface area (Å²) in [5.74, 6) is -1.61. The van der Waals surface area contributed by atoms with Gasteiger partial charge in [0.05, 0.1) is 23.3 Å². The molecule has 1 heterocycles. The van der Waals surface area contributed by atoms with Gasteiger partial charge in [-0.15, -0.1) is 0 Å². The molecular weight excluding hydrogens is 270 g/mol. The molecule has 0 aliphatic heterocycles. The molecule has 2 aromatic rings. The minimum Gasteiger partial charge on any atom is -0.481 e. The highest BCUT2D eigenvalue weighted by molar-refractivity contribution is 5.81. The molecule has 0 saturated heterocycles. The maximum atomic E-state index is 11.9. The van der Waals surface area contributed by atoms with E-state index in [1.165, 1.54) is 0 Å². The van der Waals surface area contributed by atoms with E-state index in [4.69, 9.17) is 5.11 Å². The number of carboxylic acids is 1. The van der Waals surface area contributed by atoms with Crippen LogP contribution in [-0.2, 0) is 16.1 Å². The summed E-state index contributed by atoms with van der Waals surface area (Å²) < 4.78 is 1.75. The Hall–Kier alpha value is -2.37. The normalized spacial score (nSPS) is 12.2. The van der Waals surface area contributed by atoms with E-state index in [0.29, 0.717) is 6.42 Å². The Labute approximate surface area is 122 Å². The number of fused-ring (bicyclic) bond motifs is 1. The second-order valence-electron chi connectivity index (χ2n) is 4.99. The van der Waals surface area contributed by atoms with Crippen molar-refractivity contribution in [3.63, 3.8) is 0 Å². The third kappa shape index (κ3) is 3.81. The van der Waals surface area contributed by atoms with E-state index >= 15 is 0 Å². The van der Waals surface area contributed by atoms with Crippen LogP contribution >= 0.6 is 0 Å². The van der Waals surface area contributed by atoms with E-state index in [-0.39, 0.29) is 19.0 Å². The molecule has 2 rings (SSSR count). The highest BCUT2D eigenvalue weighted by Crippen LogP contribution is 2.11. The lowest BCUT2D eigenvalue weighted by Gasteiger charge is -2.12. The van der Waals surface area contributed by atoms with Crippen LogP contribution in [0.4, 0.5) is 0 Å². The van der Waals surface area contributed by atoms with Crippen molar-refractivity contribution in [2.24, 2.45) is 5.92 Å². The highest BCUT2D eigenvalue weighted by Gasteiger charge is 2.17. The average Bonchev–Trinajstić information content (AvgIpc) is 2.86. The molecule has 1 unspecified atom stereocenters. The van der Waals surface area contributed by atoms with E-state index in [9.17, 15) is 9.59 Å². The Morgan fingerprint density at radius 3 is 2.86 bits per heavy atom. The second kappa shape index (κ2) is 6.88. The molecule has 0 bridgehead atoms. The summed E-state index contributed by atoms with van der Waals surface area (Å²) in [5, 5.41) is 11.7. The topological polar surface area (TPSA) is 84.2 Å². The van der Waals surface area contributed by atoms with Gasteiger partial charge in [-0.1, -0.05) is 25.5 Å². The lowest BCUT2D eigenvalue weighted by molar-refractivity contribution is -0.141. The van der Waals surface area contributed by atoms with E-state index < -0.39 is 11.9 Å². The molecule has 21 heavy (non-hydrogen) atoms. The van der Waals surface area contributed by atoms with Gasteiger partial charge < -0.3 is 15.0 Å². The van der Waals surface area contributed by atoms with Gasteiger partial charge in [-0.2, -0.15) is 0 Å². The number of nitrogens with zero attached hydrogens (tertiary/aromatic N) is 2. The van der Waals surface area contributed by atoms with Gasteiger partial charge in [0.1, 0.15) is 6.54 Å². The van der Waals surface area contributed by atoms with E-state index in [0.717, 1.165) is 17.5 Å². The van der Waals surface area contributed by atoms with Crippen LogP contribution in [0.15, 0.2) is 30.6 Å². The third-order valence-corrected chi connectivity index (χ3v) is 3.37. The van der Waals surface area contributed by atoms with Gasteiger partial charge in [0.15, 0.2) is 0 Å². The first-order valence-corrected chi connectivity index (χ1v) is 7.01. The summed E-state index contributed by atoms with van der Waals surface area (Å²) in [5.41, 5.74) is 1.72. The largest absolute Gasteiger partial charge is 0.481 e. The minimum atomic E-state index is -0.870. The molecule has 0 saturated carbocycles. The molecular formula is C15H19N3O3. The maximum absolute atomic E-state index is 11.9. The van der Waals surface area contributed by atoms with Crippen LogP contribution in [0.2, 0.25) is 0 Å². The molecule has 1 aromatic carbocycles. The second-order valence-corrected chi connectivity index (χ2v) is 4.99. The zero-order valence-corrected chi connectivity index (χ0v) is 12.0. The van der Waals surface area contributed by atoms with Gasteiger partial charge in [-0.05, 0) is 18.6 Å². The Morgan fingerprint density at radius 2 is 2.14 bits per heavy atom. The smallest absolute Gasteiger partial charge is 0.308 e. The SMILES string of the molecule is CCCC(CNC(=O)Cn1cnc2ccccc21)C(=O)O. The van der Waals surface area contributed by atoms with Crippen molar-refractivity contribution >= 4 is 22.9 Å². The average molecular weight is 289 g/mol. The molecule has 1 aromatic heterocycles. The number of hydrogen-bond donors (Lipinski definition) is 2. The third-order valence-electron chi connectivity index (χ3n) is 3.37. The van der Waals surface area contributed by atoms with Gasteiger partial charge in [0.2, 0.25) is 5.91 Å². The maximum Gasteiger partial charge on any atom is 0.308 e. The number of para-hydroxylation sites is 2. The summed E-state index contributed by atoms with van der Waals surface area (Å²) in [6.45, 7) is 2.23. The molecule has 0 aliphatic rings. The molecule has 1 amide bonds. The number of imidazole rings is 1. The standard InChI is InChI=1S/C15H19N3O3/c1-2-5-11(15(20)21)8-16-14(19)9-18-10-17-12-6-3-4-7-13(12)18/h3-4,6-7,10-11H,2,5,8-9H2,1H3,(H,16,19)(H,20,21). The number of carbonyl (C=O) groups excluding carboxylic acids is 1. The summed E-state index contributed by atoms with van der Waals surface area (Å²) in [6, 6.07) is 7.56. The van der Waals surface area contributed by atoms with Crippen molar-refractivity contribution in [1.29, 1.82) is 0 Å². The van der Waals surface area contributed by atoms with Crippen LogP contribution in [0.1, 0.15) is 19.8 Å². The van der Waals surface area contributed by atoms with Gasteiger partial charge in [0.25, 0.3) is 0 Å². The monoisotopic (exact) mass is 289 g/mol. The Kier molecular flexibility index (Phi) is 4.92. The number of aliphatic carboxylic acids is 1. The van der Waals surface area contributed by atoms with Crippen LogP contribution < -0.4 is 5.32 Å². The van der Waals surface area contributed by atoms with E-state index in [1.807, 2.05) is 31.2 Å². The van der Waals surface area contributed by atoms with E-state index in [2.05, 4.69) is 10.3 Å². The van der Waals surface area contributed by atoms with Crippen molar-refractivity contribution in [2.75, 3.05) is 6.54 Å². The fraction of sp³-hybridized carbons (Fsp3) is 0.400. The van der Waals surface area contributed by atoms with Crippen LogP contribution in [0.25, 0.3) is 11.0 Å². The molecule has 0 spiro atoms. The number of carboxylic acid groups (broad SMARTS) is 1. The van der Waals surface area contributed by atoms with Crippen molar-refractivity contribution in [2.45, 2.75) is 26.3 Å². The molecule has 2 N–H and O–H groups in total. The fourth-order valence-electron chi connectivity index (χ4n) is 2.25. The number of benzene rings is 1. The van der Waals surface area contributed by atoms with Gasteiger partial charge >= 0.3 is 5.97 Å². The molecule has 0 fully saturated rings. The Balaban J connectivity index is 1.94. The number of nitrogens with one attached hydrogen (secondary N) is 1. The van der Waals surface area contributed by atoms with Crippen LogP contribution in [0.5, 0.6) is 0 Å². The van der Waals surface area contributed by atoms with Gasteiger partial charge in [-0.25, -0.2) is 4.98 Å². The first-order valence-electron chi connectivity index (χ1n) is 7.01. The van der Waals surface area contributed by atoms with Crippen molar-refractivity contribution in [3.05, 3.63) is 30.6 Å². The molecule has 112 valence electrons.